The minimum atomic E-state index is -0.281. The Kier molecular flexibility index (Phi) is 3.89. The van der Waals surface area contributed by atoms with Gasteiger partial charge in [0.1, 0.15) is 11.6 Å². The zero-order chi connectivity index (χ0) is 12.4. The number of methoxy groups -OCH3 is 1. The number of halogens is 3. The third kappa shape index (κ3) is 2.72. The highest BCUT2D eigenvalue weighted by Crippen LogP contribution is 2.35. The van der Waals surface area contributed by atoms with Crippen LogP contribution < -0.4 is 4.74 Å². The average molecular weight is 363 g/mol. The molecule has 88 valence electrons. The molecule has 0 aliphatic heterocycles. The van der Waals surface area contributed by atoms with E-state index in [1.165, 1.54) is 12.1 Å². The summed E-state index contributed by atoms with van der Waals surface area (Å²) >= 11 is 8.31. The molecular formula is C13H9ClFIO. The van der Waals surface area contributed by atoms with Crippen molar-refractivity contribution in [3.8, 4) is 16.9 Å². The first-order valence-corrected chi connectivity index (χ1v) is 6.36. The summed E-state index contributed by atoms with van der Waals surface area (Å²) in [7, 11) is 1.60. The Bertz CT molecular complexity index is 557. The van der Waals surface area contributed by atoms with Gasteiger partial charge in [0.15, 0.2) is 0 Å². The van der Waals surface area contributed by atoms with Gasteiger partial charge in [0.05, 0.1) is 10.7 Å². The normalized spacial score (nSPS) is 10.4. The van der Waals surface area contributed by atoms with Gasteiger partial charge in [-0.3, -0.25) is 0 Å². The number of benzene rings is 2. The van der Waals surface area contributed by atoms with Crippen LogP contribution in [0.3, 0.4) is 0 Å². The first kappa shape index (κ1) is 12.6. The van der Waals surface area contributed by atoms with E-state index in [4.69, 9.17) is 16.3 Å². The maximum atomic E-state index is 13.2. The van der Waals surface area contributed by atoms with Crippen molar-refractivity contribution in [3.63, 3.8) is 0 Å². The van der Waals surface area contributed by atoms with Crippen molar-refractivity contribution in [1.29, 1.82) is 0 Å². The molecule has 1 nitrogen and oxygen atoms in total. The standard InChI is InChI=1S/C13H9ClFIO/c1-17-13-6-10(11(14)7-12(13)16)8-3-2-4-9(15)5-8/h2-7H,1H3. The fourth-order valence-electron chi connectivity index (χ4n) is 1.56. The molecule has 0 spiro atoms. The molecule has 2 aromatic rings. The summed E-state index contributed by atoms with van der Waals surface area (Å²) in [6, 6.07) is 9.96. The summed E-state index contributed by atoms with van der Waals surface area (Å²) in [5.74, 6) is 0.449. The van der Waals surface area contributed by atoms with Crippen LogP contribution in [0.1, 0.15) is 0 Å². The van der Waals surface area contributed by atoms with E-state index in [2.05, 4.69) is 22.6 Å². The zero-order valence-electron chi connectivity index (χ0n) is 9.01. The number of hydrogen-bond donors (Lipinski definition) is 0. The predicted molar refractivity (Wildman–Crippen MR) is 76.1 cm³/mol. The first-order valence-electron chi connectivity index (χ1n) is 4.91. The van der Waals surface area contributed by atoms with Crippen molar-refractivity contribution < 1.29 is 9.13 Å². The third-order valence-electron chi connectivity index (χ3n) is 2.38. The quantitative estimate of drug-likeness (QED) is 0.700. The summed E-state index contributed by atoms with van der Waals surface area (Å²) in [4.78, 5) is 0. The second kappa shape index (κ2) is 5.23. The van der Waals surface area contributed by atoms with E-state index in [0.29, 0.717) is 5.02 Å². The second-order valence-corrected chi connectivity index (χ2v) is 5.05. The molecular weight excluding hydrogens is 353 g/mol. The predicted octanol–water partition coefficient (Wildman–Crippen LogP) is 4.76. The van der Waals surface area contributed by atoms with E-state index in [-0.39, 0.29) is 5.82 Å². The Morgan fingerprint density at radius 3 is 2.65 bits per heavy atom. The molecule has 0 aromatic heterocycles. The van der Waals surface area contributed by atoms with Crippen molar-refractivity contribution >= 4 is 34.2 Å². The molecule has 0 saturated carbocycles. The molecule has 0 atom stereocenters. The van der Waals surface area contributed by atoms with Crippen molar-refractivity contribution in [2.75, 3.05) is 7.11 Å². The third-order valence-corrected chi connectivity index (χ3v) is 3.53. The first-order chi connectivity index (χ1) is 8.11. The molecule has 0 radical (unpaired) electrons. The lowest BCUT2D eigenvalue weighted by Gasteiger charge is -2.09. The van der Waals surface area contributed by atoms with Crippen molar-refractivity contribution in [2.24, 2.45) is 0 Å². The minimum Gasteiger partial charge on any atom is -0.496 e. The number of rotatable bonds is 2. The van der Waals surface area contributed by atoms with E-state index in [0.717, 1.165) is 20.4 Å². The van der Waals surface area contributed by atoms with Crippen LogP contribution in [0.15, 0.2) is 36.4 Å². The molecule has 0 amide bonds. The highest BCUT2D eigenvalue weighted by atomic mass is 127. The summed E-state index contributed by atoms with van der Waals surface area (Å²) in [6.07, 6.45) is 0. The maximum absolute atomic E-state index is 13.2. The van der Waals surface area contributed by atoms with Crippen LogP contribution in [0, 0.1) is 9.39 Å². The SMILES string of the molecule is COc1cc(-c2cccc(F)c2)c(Cl)cc1I. The molecule has 2 aromatic carbocycles. The highest BCUT2D eigenvalue weighted by molar-refractivity contribution is 14.1. The van der Waals surface area contributed by atoms with Crippen LogP contribution in [-0.2, 0) is 0 Å². The van der Waals surface area contributed by atoms with Crippen LogP contribution in [0.4, 0.5) is 4.39 Å². The van der Waals surface area contributed by atoms with E-state index in [1.54, 1.807) is 19.2 Å². The van der Waals surface area contributed by atoms with Crippen LogP contribution in [0.5, 0.6) is 5.75 Å². The van der Waals surface area contributed by atoms with Gasteiger partial charge < -0.3 is 4.74 Å². The molecule has 0 aliphatic rings. The summed E-state index contributed by atoms with van der Waals surface area (Å²) < 4.78 is 19.3. The molecule has 0 fully saturated rings. The van der Waals surface area contributed by atoms with Gasteiger partial charge in [-0.05, 0) is 52.4 Å². The van der Waals surface area contributed by atoms with Crippen LogP contribution >= 0.6 is 34.2 Å². The van der Waals surface area contributed by atoms with Gasteiger partial charge in [0.25, 0.3) is 0 Å². The van der Waals surface area contributed by atoms with Gasteiger partial charge in [-0.25, -0.2) is 4.39 Å². The highest BCUT2D eigenvalue weighted by Gasteiger charge is 2.09. The molecule has 0 saturated heterocycles. The Hall–Kier alpha value is -0.810. The van der Waals surface area contributed by atoms with Gasteiger partial charge in [-0.15, -0.1) is 0 Å². The average Bonchev–Trinajstić information content (AvgIpc) is 2.29. The molecule has 4 heteroatoms. The number of ether oxygens (including phenoxy) is 1. The maximum Gasteiger partial charge on any atom is 0.132 e. The van der Waals surface area contributed by atoms with Gasteiger partial charge in [-0.1, -0.05) is 23.7 Å². The fourth-order valence-corrected chi connectivity index (χ4v) is 2.71. The zero-order valence-corrected chi connectivity index (χ0v) is 11.9. The van der Waals surface area contributed by atoms with Crippen LogP contribution in [0.25, 0.3) is 11.1 Å². The lowest BCUT2D eigenvalue weighted by Crippen LogP contribution is -1.89. The van der Waals surface area contributed by atoms with E-state index in [1.807, 2.05) is 12.1 Å². The van der Waals surface area contributed by atoms with Gasteiger partial charge in [-0.2, -0.15) is 0 Å². The fraction of sp³-hybridized carbons (Fsp3) is 0.0769. The summed E-state index contributed by atoms with van der Waals surface area (Å²) in [6.45, 7) is 0. The molecule has 2 rings (SSSR count). The second-order valence-electron chi connectivity index (χ2n) is 3.48. The topological polar surface area (TPSA) is 9.23 Å². The monoisotopic (exact) mass is 362 g/mol. The van der Waals surface area contributed by atoms with Gasteiger partial charge in [0.2, 0.25) is 0 Å². The lowest BCUT2D eigenvalue weighted by atomic mass is 10.1. The van der Waals surface area contributed by atoms with Crippen molar-refractivity contribution in [2.45, 2.75) is 0 Å². The smallest absolute Gasteiger partial charge is 0.132 e. The Labute approximate surface area is 118 Å². The molecule has 17 heavy (non-hydrogen) atoms. The molecule has 0 N–H and O–H groups in total. The van der Waals surface area contributed by atoms with E-state index < -0.39 is 0 Å². The van der Waals surface area contributed by atoms with Gasteiger partial charge in [0, 0.05) is 10.6 Å². The Balaban J connectivity index is 2.59. The van der Waals surface area contributed by atoms with Crippen LogP contribution in [-0.4, -0.2) is 7.11 Å². The van der Waals surface area contributed by atoms with Crippen LogP contribution in [0.2, 0.25) is 5.02 Å². The van der Waals surface area contributed by atoms with Gasteiger partial charge >= 0.3 is 0 Å². The largest absolute Gasteiger partial charge is 0.496 e. The van der Waals surface area contributed by atoms with E-state index in [9.17, 15) is 4.39 Å². The Morgan fingerprint density at radius 2 is 2.00 bits per heavy atom. The summed E-state index contributed by atoms with van der Waals surface area (Å²) in [5, 5.41) is 0.584. The van der Waals surface area contributed by atoms with Crippen molar-refractivity contribution in [1.82, 2.24) is 0 Å². The Morgan fingerprint density at radius 1 is 1.24 bits per heavy atom. The molecule has 0 bridgehead atoms. The molecule has 0 heterocycles. The molecule has 0 unspecified atom stereocenters. The molecule has 0 aliphatic carbocycles. The minimum absolute atomic E-state index is 0.281. The van der Waals surface area contributed by atoms with Crippen molar-refractivity contribution in [3.05, 3.63) is 50.8 Å². The lowest BCUT2D eigenvalue weighted by molar-refractivity contribution is 0.412. The summed E-state index contributed by atoms with van der Waals surface area (Å²) in [5.41, 5.74) is 1.51. The van der Waals surface area contributed by atoms with E-state index >= 15 is 0 Å². The number of hydrogen-bond acceptors (Lipinski definition) is 1.